The number of para-hydroxylation sites is 2. The van der Waals surface area contributed by atoms with E-state index in [4.69, 9.17) is 9.97 Å². The molecule has 2 aromatic heterocycles. The van der Waals surface area contributed by atoms with E-state index < -0.39 is 14.7 Å². The van der Waals surface area contributed by atoms with Crippen LogP contribution in [0.3, 0.4) is 0 Å². The fourth-order valence-corrected chi connectivity index (χ4v) is 11.3. The molecule has 0 radical (unpaired) electrons. The van der Waals surface area contributed by atoms with E-state index in [2.05, 4.69) is 99.2 Å². The number of aryl methyl sites for hydroxylation is 2. The maximum Gasteiger partial charge on any atom is 0.260 e. The number of fused-ring (bicyclic) bond motifs is 2. The number of aromatic nitrogens is 4. The second-order valence-electron chi connectivity index (χ2n) is 18.1. The minimum absolute atomic E-state index is 0.0167. The second kappa shape index (κ2) is 16.5. The van der Waals surface area contributed by atoms with Crippen molar-refractivity contribution in [2.45, 2.75) is 84.7 Å². The molecule has 0 aliphatic rings. The lowest BCUT2D eigenvalue weighted by atomic mass is 9.87. The van der Waals surface area contributed by atoms with Crippen LogP contribution in [0.4, 0.5) is 0 Å². The van der Waals surface area contributed by atoms with E-state index in [1.807, 2.05) is 36.4 Å². The lowest BCUT2D eigenvalue weighted by Gasteiger charge is -2.19. The molecular weight excluding hydrogens is 795 g/mol. The van der Waals surface area contributed by atoms with Gasteiger partial charge in [0.15, 0.2) is 0 Å². The Morgan fingerprint density at radius 1 is 0.475 bits per heavy atom. The molecule has 0 aliphatic carbocycles. The van der Waals surface area contributed by atoms with Gasteiger partial charge < -0.3 is 18.9 Å². The van der Waals surface area contributed by atoms with Crippen molar-refractivity contribution in [3.8, 4) is 0 Å². The third kappa shape index (κ3) is 8.61. The third-order valence-corrected chi connectivity index (χ3v) is 15.7. The van der Waals surface area contributed by atoms with Crippen LogP contribution in [0.5, 0.6) is 0 Å². The van der Waals surface area contributed by atoms with E-state index in [-0.39, 0.29) is 10.8 Å². The van der Waals surface area contributed by atoms with Crippen molar-refractivity contribution in [1.82, 2.24) is 19.1 Å². The van der Waals surface area contributed by atoms with E-state index in [1.165, 1.54) is 11.1 Å². The Hall–Kier alpha value is -5.36. The zero-order valence-corrected chi connectivity index (χ0v) is 37.6. The minimum atomic E-state index is -3.97. The monoisotopic (exact) mass is 848 g/mol. The first-order valence-corrected chi connectivity index (χ1v) is 24.3. The van der Waals surface area contributed by atoms with Crippen LogP contribution < -0.4 is 21.2 Å². The molecule has 0 saturated heterocycles. The standard InChI is InChI=1S/C51H54N4O4P2/c1-50(2,3)38-30-26-36(27-31-38)34-54-42-20-13-22-44(60(56,57)40-16-9-7-10-17-40)48(42)52-46(54)24-15-25-47-53-49-43(55(47)35-37-28-32-39(33-29-37)51(4,5)6)21-14-23-45(49)61(58,59)41-18-11-8-12-19-41/h7-14,16-23,26-33H,15,24-25,34-35H2,1-6H3,(H,56,57)(H,58,59). The summed E-state index contributed by atoms with van der Waals surface area (Å²) in [5.41, 5.74) is 7.38. The van der Waals surface area contributed by atoms with E-state index in [0.717, 1.165) is 33.8 Å². The number of hydrogen-bond donors (Lipinski definition) is 2. The predicted molar refractivity (Wildman–Crippen MR) is 251 cm³/mol. The topological polar surface area (TPSA) is 110 Å². The summed E-state index contributed by atoms with van der Waals surface area (Å²) in [6, 6.07) is 46.0. The van der Waals surface area contributed by atoms with Crippen LogP contribution in [0.1, 0.15) is 81.9 Å². The number of rotatable bonds is 12. The Labute approximate surface area is 358 Å². The van der Waals surface area contributed by atoms with Crippen molar-refractivity contribution in [2.75, 3.05) is 0 Å². The molecule has 6 aromatic carbocycles. The van der Waals surface area contributed by atoms with Crippen molar-refractivity contribution in [1.29, 1.82) is 0 Å². The molecule has 10 heteroatoms. The number of hydrogen-bond acceptors (Lipinski definition) is 4. The zero-order chi connectivity index (χ0) is 43.2. The van der Waals surface area contributed by atoms with Gasteiger partial charge in [-0.15, -0.1) is 0 Å². The number of benzene rings is 6. The average Bonchev–Trinajstić information content (AvgIpc) is 3.77. The molecular formula is C51H54N4O4P2. The Balaban J connectivity index is 1.19. The summed E-state index contributed by atoms with van der Waals surface area (Å²) >= 11 is 0. The summed E-state index contributed by atoms with van der Waals surface area (Å²) in [4.78, 5) is 33.6. The highest BCUT2D eigenvalue weighted by Gasteiger charge is 2.30. The highest BCUT2D eigenvalue weighted by atomic mass is 31.2. The Morgan fingerprint density at radius 3 is 1.18 bits per heavy atom. The molecule has 8 aromatic rings. The van der Waals surface area contributed by atoms with Crippen LogP contribution in [0.25, 0.3) is 22.1 Å². The van der Waals surface area contributed by atoms with Gasteiger partial charge in [0.05, 0.1) is 21.6 Å². The molecule has 0 spiro atoms. The first-order valence-electron chi connectivity index (χ1n) is 20.9. The van der Waals surface area contributed by atoms with Crippen LogP contribution in [0.2, 0.25) is 0 Å². The Morgan fingerprint density at radius 2 is 0.836 bits per heavy atom. The first-order chi connectivity index (χ1) is 29.0. The summed E-state index contributed by atoms with van der Waals surface area (Å²) < 4.78 is 32.8. The molecule has 0 aliphatic heterocycles. The molecule has 61 heavy (non-hydrogen) atoms. The Kier molecular flexibility index (Phi) is 11.4. The largest absolute Gasteiger partial charge is 0.338 e. The molecule has 2 atom stereocenters. The van der Waals surface area contributed by atoms with Gasteiger partial charge in [-0.3, -0.25) is 9.13 Å². The summed E-state index contributed by atoms with van der Waals surface area (Å²) in [5, 5.41) is 1.36. The van der Waals surface area contributed by atoms with Crippen molar-refractivity contribution < 1.29 is 18.9 Å². The highest BCUT2D eigenvalue weighted by molar-refractivity contribution is 7.74. The minimum Gasteiger partial charge on any atom is -0.338 e. The van der Waals surface area contributed by atoms with Crippen LogP contribution in [0.15, 0.2) is 146 Å². The van der Waals surface area contributed by atoms with Crippen LogP contribution >= 0.6 is 14.7 Å². The van der Waals surface area contributed by atoms with Crippen molar-refractivity contribution in [2.24, 2.45) is 0 Å². The van der Waals surface area contributed by atoms with Crippen LogP contribution in [-0.4, -0.2) is 28.9 Å². The van der Waals surface area contributed by atoms with Gasteiger partial charge >= 0.3 is 0 Å². The lowest BCUT2D eigenvalue weighted by molar-refractivity contribution is 0.499. The Bertz CT molecular complexity index is 2720. The van der Waals surface area contributed by atoms with Gasteiger partial charge in [-0.1, -0.05) is 139 Å². The van der Waals surface area contributed by atoms with Crippen molar-refractivity contribution in [3.63, 3.8) is 0 Å². The average molecular weight is 849 g/mol. The van der Waals surface area contributed by atoms with Gasteiger partial charge in [-0.05, 0) is 88.0 Å². The highest BCUT2D eigenvalue weighted by Crippen LogP contribution is 2.42. The summed E-state index contributed by atoms with van der Waals surface area (Å²) in [7, 11) is -7.95. The summed E-state index contributed by atoms with van der Waals surface area (Å²) in [6.45, 7) is 14.3. The second-order valence-corrected chi connectivity index (χ2v) is 22.4. The van der Waals surface area contributed by atoms with Gasteiger partial charge in [0.2, 0.25) is 0 Å². The quantitative estimate of drug-likeness (QED) is 0.119. The predicted octanol–water partition coefficient (Wildman–Crippen LogP) is 9.70. The summed E-state index contributed by atoms with van der Waals surface area (Å²) in [6.07, 6.45) is 1.79. The third-order valence-electron chi connectivity index (χ3n) is 11.7. The van der Waals surface area contributed by atoms with E-state index >= 15 is 0 Å². The molecule has 312 valence electrons. The SMILES string of the molecule is CC(C)(C)c1ccc(Cn2c(CCCc3nc4c(P(=O)(O)c5ccccc5)cccc4n3Cc3ccc(C(C)(C)C)cc3)nc3c(P(=O)(O)c4ccccc4)cccc32)cc1. The maximum atomic E-state index is 14.2. The van der Waals surface area contributed by atoms with Gasteiger partial charge in [0, 0.05) is 36.5 Å². The van der Waals surface area contributed by atoms with E-state index in [1.54, 1.807) is 60.7 Å². The molecule has 0 amide bonds. The van der Waals surface area contributed by atoms with Gasteiger partial charge in [0.1, 0.15) is 22.7 Å². The fraction of sp³-hybridized carbons (Fsp3) is 0.255. The lowest BCUT2D eigenvalue weighted by Crippen LogP contribution is -2.16. The smallest absolute Gasteiger partial charge is 0.260 e. The van der Waals surface area contributed by atoms with Crippen molar-refractivity contribution >= 4 is 58.0 Å². The molecule has 0 bridgehead atoms. The maximum absolute atomic E-state index is 14.2. The van der Waals surface area contributed by atoms with Gasteiger partial charge in [0.25, 0.3) is 14.7 Å². The molecule has 8 nitrogen and oxygen atoms in total. The van der Waals surface area contributed by atoms with Gasteiger partial charge in [-0.2, -0.15) is 0 Å². The molecule has 8 rings (SSSR count). The molecule has 2 unspecified atom stereocenters. The van der Waals surface area contributed by atoms with E-state index in [9.17, 15) is 18.9 Å². The van der Waals surface area contributed by atoms with Crippen molar-refractivity contribution in [3.05, 3.63) is 179 Å². The number of imidazole rings is 2. The summed E-state index contributed by atoms with van der Waals surface area (Å²) in [5.74, 6) is 1.61. The van der Waals surface area contributed by atoms with Crippen LogP contribution in [0, 0.1) is 0 Å². The normalized spacial score (nSPS) is 14.3. The fourth-order valence-electron chi connectivity index (χ4n) is 8.11. The molecule has 2 N–H and O–H groups in total. The molecule has 2 heterocycles. The number of nitrogens with zero attached hydrogens (tertiary/aromatic N) is 4. The van der Waals surface area contributed by atoms with E-state index in [0.29, 0.717) is 64.6 Å². The zero-order valence-electron chi connectivity index (χ0n) is 35.8. The van der Waals surface area contributed by atoms with Gasteiger partial charge in [-0.25, -0.2) is 9.97 Å². The first kappa shape index (κ1) is 42.3. The van der Waals surface area contributed by atoms with Crippen LogP contribution in [-0.2, 0) is 45.9 Å². The molecule has 0 fully saturated rings. The molecule has 0 saturated carbocycles.